The molecule has 0 aromatic carbocycles. The van der Waals surface area contributed by atoms with Crippen LogP contribution in [0.1, 0.15) is 43.8 Å². The molecule has 22 heavy (non-hydrogen) atoms. The molecule has 2 rings (SSSR count). The summed E-state index contributed by atoms with van der Waals surface area (Å²) in [5, 5.41) is 15.3. The van der Waals surface area contributed by atoms with Crippen molar-refractivity contribution in [3.8, 4) is 0 Å². The van der Waals surface area contributed by atoms with Crippen molar-refractivity contribution in [2.24, 2.45) is 12.0 Å². The minimum absolute atomic E-state index is 0.557. The Hall–Kier alpha value is -1.24. The predicted molar refractivity (Wildman–Crippen MR) is 93.3 cm³/mol. The molecule has 1 fully saturated rings. The second-order valence-corrected chi connectivity index (χ2v) is 6.77. The van der Waals surface area contributed by atoms with Crippen molar-refractivity contribution in [1.29, 1.82) is 0 Å². The van der Waals surface area contributed by atoms with Crippen LogP contribution in [0.5, 0.6) is 0 Å². The van der Waals surface area contributed by atoms with Gasteiger partial charge >= 0.3 is 0 Å². The first-order valence-electron chi connectivity index (χ1n) is 8.09. The molecule has 1 aromatic heterocycles. The number of nitrogens with zero attached hydrogens (tertiary/aromatic N) is 4. The first kappa shape index (κ1) is 17.1. The molecule has 0 unspecified atom stereocenters. The number of thioether (sulfide) groups is 1. The van der Waals surface area contributed by atoms with E-state index in [0.717, 1.165) is 30.6 Å². The highest BCUT2D eigenvalue weighted by Crippen LogP contribution is 2.17. The van der Waals surface area contributed by atoms with Crippen LogP contribution in [0.4, 0.5) is 0 Å². The van der Waals surface area contributed by atoms with E-state index < -0.39 is 0 Å². The fraction of sp³-hybridized carbons (Fsp3) is 0.800. The number of aryl methyl sites for hydroxylation is 1. The van der Waals surface area contributed by atoms with Crippen molar-refractivity contribution < 1.29 is 0 Å². The van der Waals surface area contributed by atoms with Crippen LogP contribution in [0.3, 0.4) is 0 Å². The lowest BCUT2D eigenvalue weighted by molar-refractivity contribution is 0.609. The molecule has 1 aliphatic rings. The normalized spacial score (nSPS) is 16.2. The number of hydrogen-bond acceptors (Lipinski definition) is 4. The second-order valence-electron chi connectivity index (χ2n) is 5.79. The highest BCUT2D eigenvalue weighted by molar-refractivity contribution is 7.98. The fourth-order valence-corrected chi connectivity index (χ4v) is 3.01. The monoisotopic (exact) mass is 324 g/mol. The zero-order valence-corrected chi connectivity index (χ0v) is 14.7. The van der Waals surface area contributed by atoms with Gasteiger partial charge in [-0.05, 0) is 38.2 Å². The summed E-state index contributed by atoms with van der Waals surface area (Å²) >= 11 is 1.88. The van der Waals surface area contributed by atoms with Gasteiger partial charge in [-0.1, -0.05) is 12.8 Å². The van der Waals surface area contributed by atoms with Crippen molar-refractivity contribution in [2.45, 2.75) is 51.6 Å². The summed E-state index contributed by atoms with van der Waals surface area (Å²) in [6.45, 7) is 3.47. The molecule has 1 aromatic rings. The topological polar surface area (TPSA) is 67.1 Å². The molecule has 1 aliphatic carbocycles. The second kappa shape index (κ2) is 9.02. The SMILES string of the molecule is CSCCCNC(=NCc1nnc(C)n1C)NC1CCCC1. The molecule has 0 saturated heterocycles. The van der Waals surface area contributed by atoms with Gasteiger partial charge in [-0.25, -0.2) is 4.99 Å². The van der Waals surface area contributed by atoms with Crippen molar-refractivity contribution in [1.82, 2.24) is 25.4 Å². The minimum atomic E-state index is 0.557. The molecular weight excluding hydrogens is 296 g/mol. The van der Waals surface area contributed by atoms with Crippen molar-refractivity contribution in [3.63, 3.8) is 0 Å². The van der Waals surface area contributed by atoms with E-state index in [2.05, 4.69) is 27.1 Å². The lowest BCUT2D eigenvalue weighted by Gasteiger charge is -2.17. The maximum atomic E-state index is 4.69. The third-order valence-corrected chi connectivity index (χ3v) is 4.77. The Morgan fingerprint density at radius 3 is 2.77 bits per heavy atom. The maximum Gasteiger partial charge on any atom is 0.191 e. The third-order valence-electron chi connectivity index (χ3n) is 4.08. The number of hydrogen-bond donors (Lipinski definition) is 2. The quantitative estimate of drug-likeness (QED) is 0.455. The van der Waals surface area contributed by atoms with Gasteiger partial charge < -0.3 is 15.2 Å². The summed E-state index contributed by atoms with van der Waals surface area (Å²) in [4.78, 5) is 4.69. The number of nitrogens with one attached hydrogen (secondary N) is 2. The van der Waals surface area contributed by atoms with E-state index >= 15 is 0 Å². The standard InChI is InChI=1S/C15H28N6S/c1-12-19-20-14(21(12)2)11-17-15(16-9-6-10-22-3)18-13-7-4-5-8-13/h13H,4-11H2,1-3H3,(H2,16,17,18). The van der Waals surface area contributed by atoms with E-state index in [1.807, 2.05) is 30.3 Å². The maximum absolute atomic E-state index is 4.69. The van der Waals surface area contributed by atoms with E-state index in [0.29, 0.717) is 12.6 Å². The van der Waals surface area contributed by atoms with Gasteiger partial charge in [0, 0.05) is 19.6 Å². The molecule has 7 heteroatoms. The molecular formula is C15H28N6S. The van der Waals surface area contributed by atoms with Crippen LogP contribution in [-0.4, -0.2) is 45.3 Å². The van der Waals surface area contributed by atoms with Crippen LogP contribution < -0.4 is 10.6 Å². The molecule has 0 amide bonds. The smallest absolute Gasteiger partial charge is 0.191 e. The molecule has 1 saturated carbocycles. The summed E-state index contributed by atoms with van der Waals surface area (Å²) in [5.41, 5.74) is 0. The number of rotatable bonds is 7. The molecule has 124 valence electrons. The van der Waals surface area contributed by atoms with Gasteiger partial charge in [0.25, 0.3) is 0 Å². The molecule has 0 aliphatic heterocycles. The van der Waals surface area contributed by atoms with Crippen molar-refractivity contribution in [3.05, 3.63) is 11.6 Å². The Bertz CT molecular complexity index is 478. The van der Waals surface area contributed by atoms with Crippen LogP contribution in [-0.2, 0) is 13.6 Å². The van der Waals surface area contributed by atoms with Gasteiger partial charge in [0.2, 0.25) is 0 Å². The van der Waals surface area contributed by atoms with Gasteiger partial charge in [0.1, 0.15) is 12.4 Å². The molecule has 1 heterocycles. The van der Waals surface area contributed by atoms with Crippen LogP contribution in [0, 0.1) is 6.92 Å². The molecule has 0 bridgehead atoms. The number of guanidine groups is 1. The summed E-state index contributed by atoms with van der Waals surface area (Å²) < 4.78 is 1.99. The zero-order valence-electron chi connectivity index (χ0n) is 13.9. The van der Waals surface area contributed by atoms with Gasteiger partial charge in [0.05, 0.1) is 0 Å². The summed E-state index contributed by atoms with van der Waals surface area (Å²) in [6, 6.07) is 0.563. The Kier molecular flexibility index (Phi) is 7.02. The lowest BCUT2D eigenvalue weighted by Crippen LogP contribution is -2.43. The summed E-state index contributed by atoms with van der Waals surface area (Å²) in [6.07, 6.45) is 8.42. The van der Waals surface area contributed by atoms with Crippen LogP contribution >= 0.6 is 11.8 Å². The third kappa shape index (κ3) is 5.19. The van der Waals surface area contributed by atoms with E-state index in [-0.39, 0.29) is 0 Å². The highest BCUT2D eigenvalue weighted by atomic mass is 32.2. The molecule has 0 atom stereocenters. The van der Waals surface area contributed by atoms with Crippen LogP contribution in [0.2, 0.25) is 0 Å². The van der Waals surface area contributed by atoms with Crippen LogP contribution in [0.25, 0.3) is 0 Å². The molecule has 0 spiro atoms. The predicted octanol–water partition coefficient (Wildman–Crippen LogP) is 1.85. The van der Waals surface area contributed by atoms with Gasteiger partial charge in [-0.15, -0.1) is 10.2 Å². The summed E-state index contributed by atoms with van der Waals surface area (Å²) in [5.74, 6) is 3.90. The van der Waals surface area contributed by atoms with Crippen molar-refractivity contribution in [2.75, 3.05) is 18.6 Å². The number of aliphatic imine (C=N–C) groups is 1. The lowest BCUT2D eigenvalue weighted by atomic mass is 10.2. The Labute approximate surface area is 137 Å². The molecule has 0 radical (unpaired) electrons. The number of aromatic nitrogens is 3. The average Bonchev–Trinajstić information content (AvgIpc) is 3.13. The Morgan fingerprint density at radius 2 is 2.14 bits per heavy atom. The highest BCUT2D eigenvalue weighted by Gasteiger charge is 2.16. The minimum Gasteiger partial charge on any atom is -0.356 e. The first-order chi connectivity index (χ1) is 10.7. The van der Waals surface area contributed by atoms with Crippen molar-refractivity contribution >= 4 is 17.7 Å². The van der Waals surface area contributed by atoms with E-state index in [4.69, 9.17) is 4.99 Å². The molecule has 2 N–H and O–H groups in total. The largest absolute Gasteiger partial charge is 0.356 e. The zero-order chi connectivity index (χ0) is 15.8. The van der Waals surface area contributed by atoms with E-state index in [9.17, 15) is 0 Å². The van der Waals surface area contributed by atoms with Gasteiger partial charge in [-0.2, -0.15) is 11.8 Å². The van der Waals surface area contributed by atoms with E-state index in [1.54, 1.807) is 0 Å². The fourth-order valence-electron chi connectivity index (χ4n) is 2.58. The van der Waals surface area contributed by atoms with Gasteiger partial charge in [-0.3, -0.25) is 0 Å². The molecule has 6 nitrogen and oxygen atoms in total. The Balaban J connectivity index is 1.92. The average molecular weight is 324 g/mol. The Morgan fingerprint density at radius 1 is 1.36 bits per heavy atom. The first-order valence-corrected chi connectivity index (χ1v) is 9.48. The van der Waals surface area contributed by atoms with E-state index in [1.165, 1.54) is 31.4 Å². The van der Waals surface area contributed by atoms with Gasteiger partial charge in [0.15, 0.2) is 11.8 Å². The van der Waals surface area contributed by atoms with Crippen LogP contribution in [0.15, 0.2) is 4.99 Å². The summed E-state index contributed by atoms with van der Waals surface area (Å²) in [7, 11) is 1.98.